The minimum Gasteiger partial charge on any atom is -0.328 e. The highest BCUT2D eigenvalue weighted by Crippen LogP contribution is 2.16. The van der Waals surface area contributed by atoms with E-state index in [0.29, 0.717) is 10.6 Å². The first-order valence-electron chi connectivity index (χ1n) is 6.54. The van der Waals surface area contributed by atoms with Crippen LogP contribution in [0.5, 0.6) is 0 Å². The van der Waals surface area contributed by atoms with Gasteiger partial charge in [-0.25, -0.2) is 4.98 Å². The number of benzene rings is 2. The SMILES string of the molecule is Cn1c(C=CC(=O)c2ccc(Cl)cc2)nc2ccccc21. The lowest BCUT2D eigenvalue weighted by atomic mass is 10.1. The van der Waals surface area contributed by atoms with Crippen LogP contribution in [0.1, 0.15) is 16.2 Å². The number of nitrogens with zero attached hydrogens (tertiary/aromatic N) is 2. The summed E-state index contributed by atoms with van der Waals surface area (Å²) in [6, 6.07) is 14.7. The monoisotopic (exact) mass is 296 g/mol. The maximum Gasteiger partial charge on any atom is 0.185 e. The maximum atomic E-state index is 12.1. The fourth-order valence-electron chi connectivity index (χ4n) is 2.17. The molecule has 0 N–H and O–H groups in total. The average Bonchev–Trinajstić information content (AvgIpc) is 2.82. The highest BCUT2D eigenvalue weighted by atomic mass is 35.5. The number of aromatic nitrogens is 2. The molecule has 4 heteroatoms. The van der Waals surface area contributed by atoms with Crippen molar-refractivity contribution in [3.05, 3.63) is 71.0 Å². The zero-order valence-electron chi connectivity index (χ0n) is 11.5. The van der Waals surface area contributed by atoms with E-state index in [-0.39, 0.29) is 5.78 Å². The van der Waals surface area contributed by atoms with E-state index < -0.39 is 0 Å². The fraction of sp³-hybridized carbons (Fsp3) is 0.0588. The minimum absolute atomic E-state index is 0.0706. The Labute approximate surface area is 127 Å². The maximum absolute atomic E-state index is 12.1. The van der Waals surface area contributed by atoms with Gasteiger partial charge in [0.1, 0.15) is 5.82 Å². The number of halogens is 1. The smallest absolute Gasteiger partial charge is 0.185 e. The summed E-state index contributed by atoms with van der Waals surface area (Å²) in [5.41, 5.74) is 2.56. The number of rotatable bonds is 3. The molecule has 0 saturated carbocycles. The van der Waals surface area contributed by atoms with E-state index >= 15 is 0 Å². The van der Waals surface area contributed by atoms with Gasteiger partial charge in [-0.3, -0.25) is 4.79 Å². The molecule has 0 aliphatic rings. The molecule has 0 aliphatic heterocycles. The van der Waals surface area contributed by atoms with Crippen molar-refractivity contribution >= 4 is 34.5 Å². The van der Waals surface area contributed by atoms with E-state index in [2.05, 4.69) is 4.98 Å². The third kappa shape index (κ3) is 2.73. The summed E-state index contributed by atoms with van der Waals surface area (Å²) in [6.07, 6.45) is 3.27. The molecule has 3 rings (SSSR count). The number of allylic oxidation sites excluding steroid dienone is 1. The molecule has 104 valence electrons. The highest BCUT2D eigenvalue weighted by molar-refractivity contribution is 6.30. The fourth-order valence-corrected chi connectivity index (χ4v) is 2.30. The number of carbonyl (C=O) groups excluding carboxylic acids is 1. The van der Waals surface area contributed by atoms with Crippen LogP contribution in [0.4, 0.5) is 0 Å². The lowest BCUT2D eigenvalue weighted by molar-refractivity contribution is 0.104. The number of imidazole rings is 1. The molecule has 3 aromatic rings. The topological polar surface area (TPSA) is 34.9 Å². The van der Waals surface area contributed by atoms with Crippen molar-refractivity contribution in [2.24, 2.45) is 7.05 Å². The Morgan fingerprint density at radius 3 is 2.57 bits per heavy atom. The van der Waals surface area contributed by atoms with Crippen LogP contribution in [0.15, 0.2) is 54.6 Å². The van der Waals surface area contributed by atoms with Gasteiger partial charge in [-0.05, 0) is 48.6 Å². The summed E-state index contributed by atoms with van der Waals surface area (Å²) >= 11 is 5.81. The molecular weight excluding hydrogens is 284 g/mol. The number of carbonyl (C=O) groups is 1. The molecule has 1 aromatic heterocycles. The molecule has 0 amide bonds. The molecular formula is C17H13ClN2O. The van der Waals surface area contributed by atoms with E-state index in [1.807, 2.05) is 35.9 Å². The van der Waals surface area contributed by atoms with Crippen LogP contribution in [0.2, 0.25) is 5.02 Å². The molecule has 1 heterocycles. The molecule has 0 aliphatic carbocycles. The molecule has 0 bridgehead atoms. The summed E-state index contributed by atoms with van der Waals surface area (Å²) in [7, 11) is 1.93. The molecule has 0 radical (unpaired) electrons. The van der Waals surface area contributed by atoms with Crippen LogP contribution >= 0.6 is 11.6 Å². The summed E-state index contributed by atoms with van der Waals surface area (Å²) < 4.78 is 1.96. The Morgan fingerprint density at radius 1 is 1.14 bits per heavy atom. The third-order valence-electron chi connectivity index (χ3n) is 3.33. The minimum atomic E-state index is -0.0706. The first kappa shape index (κ1) is 13.6. The van der Waals surface area contributed by atoms with Crippen molar-refractivity contribution in [2.75, 3.05) is 0 Å². The first-order chi connectivity index (χ1) is 10.1. The van der Waals surface area contributed by atoms with Gasteiger partial charge in [-0.15, -0.1) is 0 Å². The molecule has 2 aromatic carbocycles. The van der Waals surface area contributed by atoms with Crippen molar-refractivity contribution < 1.29 is 4.79 Å². The van der Waals surface area contributed by atoms with Gasteiger partial charge in [0.15, 0.2) is 5.78 Å². The van der Waals surface area contributed by atoms with Crippen LogP contribution < -0.4 is 0 Å². The predicted molar refractivity (Wildman–Crippen MR) is 85.5 cm³/mol. The van der Waals surface area contributed by atoms with Crippen LogP contribution in [0.25, 0.3) is 17.1 Å². The van der Waals surface area contributed by atoms with Crippen molar-refractivity contribution in [3.63, 3.8) is 0 Å². The van der Waals surface area contributed by atoms with Crippen molar-refractivity contribution in [1.29, 1.82) is 0 Å². The average molecular weight is 297 g/mol. The van der Waals surface area contributed by atoms with Crippen LogP contribution in [-0.4, -0.2) is 15.3 Å². The summed E-state index contributed by atoms with van der Waals surface area (Å²) in [5.74, 6) is 0.678. The lowest BCUT2D eigenvalue weighted by Crippen LogP contribution is -1.95. The summed E-state index contributed by atoms with van der Waals surface area (Å²) in [6.45, 7) is 0. The molecule has 3 nitrogen and oxygen atoms in total. The number of fused-ring (bicyclic) bond motifs is 1. The number of hydrogen-bond acceptors (Lipinski definition) is 2. The van der Waals surface area contributed by atoms with Gasteiger partial charge in [0.2, 0.25) is 0 Å². The number of hydrogen-bond donors (Lipinski definition) is 0. The largest absolute Gasteiger partial charge is 0.328 e. The van der Waals surface area contributed by atoms with Gasteiger partial charge in [0.05, 0.1) is 11.0 Å². The Bertz CT molecular complexity index is 832. The quantitative estimate of drug-likeness (QED) is 0.538. The number of ketones is 1. The van der Waals surface area contributed by atoms with Crippen LogP contribution in [-0.2, 0) is 7.05 Å². The Balaban J connectivity index is 1.89. The zero-order valence-corrected chi connectivity index (χ0v) is 12.2. The summed E-state index contributed by atoms with van der Waals surface area (Å²) in [5, 5.41) is 0.617. The van der Waals surface area contributed by atoms with Gasteiger partial charge < -0.3 is 4.57 Å². The van der Waals surface area contributed by atoms with Gasteiger partial charge >= 0.3 is 0 Å². The van der Waals surface area contributed by atoms with Gasteiger partial charge in [0, 0.05) is 17.6 Å². The third-order valence-corrected chi connectivity index (χ3v) is 3.59. The van der Waals surface area contributed by atoms with Gasteiger partial charge in [0.25, 0.3) is 0 Å². The van der Waals surface area contributed by atoms with Crippen LogP contribution in [0, 0.1) is 0 Å². The molecule has 0 spiro atoms. The number of para-hydroxylation sites is 2. The van der Waals surface area contributed by atoms with E-state index in [1.54, 1.807) is 30.3 Å². The zero-order chi connectivity index (χ0) is 14.8. The standard InChI is InChI=1S/C17H13ClN2O/c1-20-15-5-3-2-4-14(15)19-17(20)11-10-16(21)12-6-8-13(18)9-7-12/h2-11H,1H3. The normalized spacial score (nSPS) is 11.3. The summed E-state index contributed by atoms with van der Waals surface area (Å²) in [4.78, 5) is 16.6. The van der Waals surface area contributed by atoms with Gasteiger partial charge in [-0.2, -0.15) is 0 Å². The highest BCUT2D eigenvalue weighted by Gasteiger charge is 2.05. The Kier molecular flexibility index (Phi) is 3.59. The Morgan fingerprint density at radius 2 is 1.86 bits per heavy atom. The second-order valence-corrected chi connectivity index (χ2v) is 5.16. The van der Waals surface area contributed by atoms with E-state index in [1.165, 1.54) is 6.08 Å². The Hall–Kier alpha value is -2.39. The van der Waals surface area contributed by atoms with Crippen molar-refractivity contribution in [3.8, 4) is 0 Å². The molecule has 21 heavy (non-hydrogen) atoms. The first-order valence-corrected chi connectivity index (χ1v) is 6.92. The van der Waals surface area contributed by atoms with Gasteiger partial charge in [-0.1, -0.05) is 23.7 Å². The molecule has 0 saturated heterocycles. The van der Waals surface area contributed by atoms with E-state index in [4.69, 9.17) is 11.6 Å². The predicted octanol–water partition coefficient (Wildman–Crippen LogP) is 4.12. The lowest BCUT2D eigenvalue weighted by Gasteiger charge is -1.97. The second kappa shape index (κ2) is 5.54. The van der Waals surface area contributed by atoms with Crippen molar-refractivity contribution in [1.82, 2.24) is 9.55 Å². The van der Waals surface area contributed by atoms with E-state index in [9.17, 15) is 4.79 Å². The molecule has 0 unspecified atom stereocenters. The number of aryl methyl sites for hydroxylation is 1. The van der Waals surface area contributed by atoms with Crippen LogP contribution in [0.3, 0.4) is 0 Å². The molecule has 0 atom stereocenters. The second-order valence-electron chi connectivity index (χ2n) is 4.72. The van der Waals surface area contributed by atoms with Crippen molar-refractivity contribution in [2.45, 2.75) is 0 Å². The van der Waals surface area contributed by atoms with E-state index in [0.717, 1.165) is 16.9 Å². The molecule has 0 fully saturated rings.